The molecular weight excluding hydrogens is 186 g/mol. The fourth-order valence-electron chi connectivity index (χ4n) is 1.14. The predicted octanol–water partition coefficient (Wildman–Crippen LogP) is -0.0669. The van der Waals surface area contributed by atoms with Crippen molar-refractivity contribution < 1.29 is 14.1 Å². The molecule has 0 amide bonds. The molecule has 6 heteroatoms. The zero-order valence-electron chi connectivity index (χ0n) is 7.82. The summed E-state index contributed by atoms with van der Waals surface area (Å²) in [5.41, 5.74) is 0. The summed E-state index contributed by atoms with van der Waals surface area (Å²) in [5, 5.41) is 6.63. The van der Waals surface area contributed by atoms with E-state index >= 15 is 0 Å². The zero-order valence-corrected chi connectivity index (χ0v) is 7.82. The first kappa shape index (κ1) is 9.14. The lowest BCUT2D eigenvalue weighted by Crippen LogP contribution is -2.40. The number of hydrogen-bond donors (Lipinski definition) is 1. The molecule has 76 valence electrons. The van der Waals surface area contributed by atoms with Gasteiger partial charge in [0.05, 0.1) is 12.5 Å². The van der Waals surface area contributed by atoms with E-state index in [4.69, 9.17) is 9.26 Å². The second kappa shape index (κ2) is 3.75. The number of aromatic nitrogens is 2. The third kappa shape index (κ3) is 1.60. The quantitative estimate of drug-likeness (QED) is 0.683. The number of nitrogens with zero attached hydrogens (tertiary/aromatic N) is 2. The minimum atomic E-state index is -0.533. The molecule has 0 bridgehead atoms. The van der Waals surface area contributed by atoms with E-state index in [1.165, 1.54) is 0 Å². The highest BCUT2D eigenvalue weighted by Crippen LogP contribution is 2.17. The lowest BCUT2D eigenvalue weighted by atomic mass is 10.0. The van der Waals surface area contributed by atoms with E-state index < -0.39 is 5.97 Å². The Morgan fingerprint density at radius 1 is 1.71 bits per heavy atom. The van der Waals surface area contributed by atoms with Gasteiger partial charge in [0.2, 0.25) is 5.89 Å². The van der Waals surface area contributed by atoms with Gasteiger partial charge in [-0.25, -0.2) is 4.79 Å². The number of carbonyl (C=O) groups is 1. The van der Waals surface area contributed by atoms with Crippen molar-refractivity contribution in [2.45, 2.75) is 12.8 Å². The molecule has 2 heterocycles. The van der Waals surface area contributed by atoms with Gasteiger partial charge >= 0.3 is 5.97 Å². The minimum Gasteiger partial charge on any atom is -0.460 e. The summed E-state index contributed by atoms with van der Waals surface area (Å²) >= 11 is 0. The maximum Gasteiger partial charge on any atom is 0.379 e. The molecule has 0 atom stereocenters. The van der Waals surface area contributed by atoms with Crippen molar-refractivity contribution in [3.05, 3.63) is 11.7 Å². The van der Waals surface area contributed by atoms with Crippen LogP contribution in [-0.4, -0.2) is 35.8 Å². The maximum atomic E-state index is 11.2. The topological polar surface area (TPSA) is 77.2 Å². The van der Waals surface area contributed by atoms with Gasteiger partial charge in [0.15, 0.2) is 0 Å². The average Bonchev–Trinajstić information content (AvgIpc) is 2.50. The second-order valence-electron chi connectivity index (χ2n) is 3.03. The Balaban J connectivity index is 2.05. The van der Waals surface area contributed by atoms with E-state index in [9.17, 15) is 4.79 Å². The molecule has 0 aliphatic carbocycles. The molecule has 1 aromatic heterocycles. The van der Waals surface area contributed by atoms with Crippen molar-refractivity contribution >= 4 is 5.97 Å². The number of esters is 1. The molecule has 1 aliphatic heterocycles. The van der Waals surface area contributed by atoms with E-state index in [0.29, 0.717) is 12.5 Å². The standard InChI is InChI=1S/C8H11N3O3/c1-2-13-8(12)6-10-7(14-11-6)5-3-9-4-5/h5,9H,2-4H2,1H3. The van der Waals surface area contributed by atoms with Crippen LogP contribution in [-0.2, 0) is 4.74 Å². The van der Waals surface area contributed by atoms with Crippen LogP contribution in [0.15, 0.2) is 4.52 Å². The van der Waals surface area contributed by atoms with Crippen LogP contribution in [0, 0.1) is 0 Å². The SMILES string of the molecule is CCOC(=O)c1noc(C2CNC2)n1. The molecule has 0 saturated carbocycles. The van der Waals surface area contributed by atoms with Crippen LogP contribution in [0.5, 0.6) is 0 Å². The van der Waals surface area contributed by atoms with E-state index in [1.807, 2.05) is 0 Å². The lowest BCUT2D eigenvalue weighted by molar-refractivity contribution is 0.0508. The van der Waals surface area contributed by atoms with Gasteiger partial charge in [-0.1, -0.05) is 0 Å². The largest absolute Gasteiger partial charge is 0.460 e. The van der Waals surface area contributed by atoms with Crippen LogP contribution in [0.3, 0.4) is 0 Å². The summed E-state index contributed by atoms with van der Waals surface area (Å²) in [6, 6.07) is 0. The van der Waals surface area contributed by atoms with Crippen LogP contribution in [0.4, 0.5) is 0 Å². The number of rotatable bonds is 3. The number of ether oxygens (including phenoxy) is 1. The summed E-state index contributed by atoms with van der Waals surface area (Å²) in [5.74, 6) is 0.223. The Hall–Kier alpha value is -1.43. The molecule has 0 unspecified atom stereocenters. The predicted molar refractivity (Wildman–Crippen MR) is 45.9 cm³/mol. The molecule has 1 saturated heterocycles. The van der Waals surface area contributed by atoms with E-state index in [1.54, 1.807) is 6.92 Å². The normalized spacial score (nSPS) is 16.4. The molecule has 0 radical (unpaired) electrons. The summed E-state index contributed by atoms with van der Waals surface area (Å²) in [7, 11) is 0. The molecule has 6 nitrogen and oxygen atoms in total. The average molecular weight is 197 g/mol. The van der Waals surface area contributed by atoms with Gasteiger partial charge in [-0.2, -0.15) is 4.98 Å². The monoisotopic (exact) mass is 197 g/mol. The Labute approximate surface area is 80.6 Å². The molecule has 1 fully saturated rings. The molecule has 1 aromatic rings. The summed E-state index contributed by atoms with van der Waals surface area (Å²) in [6.07, 6.45) is 0. The summed E-state index contributed by atoms with van der Waals surface area (Å²) in [4.78, 5) is 15.1. The van der Waals surface area contributed by atoms with Gasteiger partial charge in [-0.3, -0.25) is 0 Å². The summed E-state index contributed by atoms with van der Waals surface area (Å²) in [6.45, 7) is 3.69. The third-order valence-electron chi connectivity index (χ3n) is 2.03. The molecule has 1 aliphatic rings. The Morgan fingerprint density at radius 3 is 3.07 bits per heavy atom. The highest BCUT2D eigenvalue weighted by atomic mass is 16.5. The molecule has 1 N–H and O–H groups in total. The smallest absolute Gasteiger partial charge is 0.379 e. The molecule has 0 aromatic carbocycles. The fourth-order valence-corrected chi connectivity index (χ4v) is 1.14. The van der Waals surface area contributed by atoms with Crippen molar-refractivity contribution in [3.63, 3.8) is 0 Å². The van der Waals surface area contributed by atoms with E-state index in [-0.39, 0.29) is 11.7 Å². The zero-order chi connectivity index (χ0) is 9.97. The van der Waals surface area contributed by atoms with Crippen molar-refractivity contribution in [3.8, 4) is 0 Å². The maximum absolute atomic E-state index is 11.2. The van der Waals surface area contributed by atoms with Gasteiger partial charge in [-0.15, -0.1) is 0 Å². The Bertz CT molecular complexity index is 332. The first-order chi connectivity index (χ1) is 6.81. The fraction of sp³-hybridized carbons (Fsp3) is 0.625. The van der Waals surface area contributed by atoms with Gasteiger partial charge in [-0.05, 0) is 12.1 Å². The van der Waals surface area contributed by atoms with Gasteiger partial charge in [0.25, 0.3) is 5.82 Å². The van der Waals surface area contributed by atoms with Crippen LogP contribution >= 0.6 is 0 Å². The van der Waals surface area contributed by atoms with Crippen LogP contribution in [0.1, 0.15) is 29.4 Å². The van der Waals surface area contributed by atoms with Crippen LogP contribution in [0.25, 0.3) is 0 Å². The van der Waals surface area contributed by atoms with Gasteiger partial charge in [0.1, 0.15) is 0 Å². The minimum absolute atomic E-state index is 0.00810. The lowest BCUT2D eigenvalue weighted by Gasteiger charge is -2.22. The number of nitrogens with one attached hydrogen (secondary N) is 1. The second-order valence-corrected chi connectivity index (χ2v) is 3.03. The first-order valence-corrected chi connectivity index (χ1v) is 4.52. The van der Waals surface area contributed by atoms with Gasteiger partial charge in [0, 0.05) is 13.1 Å². The van der Waals surface area contributed by atoms with E-state index in [2.05, 4.69) is 15.5 Å². The highest BCUT2D eigenvalue weighted by Gasteiger charge is 2.26. The molecule has 14 heavy (non-hydrogen) atoms. The Kier molecular flexibility index (Phi) is 2.45. The Morgan fingerprint density at radius 2 is 2.50 bits per heavy atom. The summed E-state index contributed by atoms with van der Waals surface area (Å²) < 4.78 is 9.67. The highest BCUT2D eigenvalue weighted by molar-refractivity contribution is 5.84. The van der Waals surface area contributed by atoms with Crippen LogP contribution < -0.4 is 5.32 Å². The van der Waals surface area contributed by atoms with Crippen molar-refractivity contribution in [2.75, 3.05) is 19.7 Å². The van der Waals surface area contributed by atoms with Crippen molar-refractivity contribution in [1.82, 2.24) is 15.5 Å². The van der Waals surface area contributed by atoms with Gasteiger partial charge < -0.3 is 14.6 Å². The van der Waals surface area contributed by atoms with Crippen LogP contribution in [0.2, 0.25) is 0 Å². The third-order valence-corrected chi connectivity index (χ3v) is 2.03. The van der Waals surface area contributed by atoms with Crippen molar-refractivity contribution in [1.29, 1.82) is 0 Å². The number of carbonyl (C=O) groups excluding carboxylic acids is 1. The van der Waals surface area contributed by atoms with E-state index in [0.717, 1.165) is 13.1 Å². The number of hydrogen-bond acceptors (Lipinski definition) is 6. The molecule has 0 spiro atoms. The first-order valence-electron chi connectivity index (χ1n) is 4.52. The van der Waals surface area contributed by atoms with Crippen molar-refractivity contribution in [2.24, 2.45) is 0 Å². The molecular formula is C8H11N3O3. The molecule has 2 rings (SSSR count).